The van der Waals surface area contributed by atoms with Gasteiger partial charge in [-0.3, -0.25) is 0 Å². The van der Waals surface area contributed by atoms with Crippen molar-refractivity contribution in [3.05, 3.63) is 53.7 Å². The van der Waals surface area contributed by atoms with Crippen LogP contribution in [0.15, 0.2) is 42.9 Å². The largest absolute Gasteiger partial charge is 0.304 e. The van der Waals surface area contributed by atoms with Crippen LogP contribution < -0.4 is 0 Å². The van der Waals surface area contributed by atoms with E-state index in [9.17, 15) is 0 Å². The number of aryl methyl sites for hydroxylation is 1. The zero-order chi connectivity index (χ0) is 11.8. The Bertz CT molecular complexity index is 688. The van der Waals surface area contributed by atoms with Gasteiger partial charge in [0.15, 0.2) is 0 Å². The van der Waals surface area contributed by atoms with Crippen LogP contribution in [0.25, 0.3) is 16.8 Å². The highest BCUT2D eigenvalue weighted by Gasteiger charge is 2.06. The average Bonchev–Trinajstić information content (AvgIpc) is 2.71. The number of imidazole rings is 1. The first-order valence-electron chi connectivity index (χ1n) is 5.30. The lowest BCUT2D eigenvalue weighted by molar-refractivity contribution is 1.11. The smallest absolute Gasteiger partial charge is 0.136 e. The van der Waals surface area contributed by atoms with E-state index >= 15 is 0 Å². The summed E-state index contributed by atoms with van der Waals surface area (Å²) >= 11 is 6.09. The van der Waals surface area contributed by atoms with Gasteiger partial charge in [-0.15, -0.1) is 0 Å². The molecule has 0 bridgehead atoms. The summed E-state index contributed by atoms with van der Waals surface area (Å²) in [4.78, 5) is 8.38. The number of fused-ring (bicyclic) bond motifs is 1. The molecule has 0 radical (unpaired) electrons. The van der Waals surface area contributed by atoms with Crippen molar-refractivity contribution in [3.8, 4) is 11.1 Å². The molecule has 0 N–H and O–H groups in total. The first kappa shape index (κ1) is 10.3. The number of hydrogen-bond donors (Lipinski definition) is 0. The molecule has 3 aromatic rings. The van der Waals surface area contributed by atoms with Gasteiger partial charge in [-0.2, -0.15) is 0 Å². The predicted octanol–water partition coefficient (Wildman–Crippen LogP) is 3.36. The molecule has 3 rings (SSSR count). The van der Waals surface area contributed by atoms with Crippen molar-refractivity contribution < 1.29 is 0 Å². The highest BCUT2D eigenvalue weighted by molar-refractivity contribution is 6.32. The van der Waals surface area contributed by atoms with Crippen LogP contribution in [-0.2, 0) is 0 Å². The molecule has 0 aliphatic rings. The number of pyridine rings is 2. The van der Waals surface area contributed by atoms with Crippen molar-refractivity contribution >= 4 is 17.2 Å². The normalized spacial score (nSPS) is 10.9. The van der Waals surface area contributed by atoms with E-state index in [-0.39, 0.29) is 0 Å². The van der Waals surface area contributed by atoms with E-state index in [1.165, 1.54) is 0 Å². The minimum absolute atomic E-state index is 0.518. The molecule has 0 saturated heterocycles. The van der Waals surface area contributed by atoms with E-state index < -0.39 is 0 Å². The Balaban J connectivity index is 2.24. The lowest BCUT2D eigenvalue weighted by Crippen LogP contribution is -1.90. The van der Waals surface area contributed by atoms with Crippen molar-refractivity contribution in [2.75, 3.05) is 0 Å². The van der Waals surface area contributed by atoms with Crippen molar-refractivity contribution in [2.24, 2.45) is 0 Å². The maximum absolute atomic E-state index is 6.09. The van der Waals surface area contributed by atoms with Gasteiger partial charge in [-0.05, 0) is 31.2 Å². The second-order valence-electron chi connectivity index (χ2n) is 3.89. The summed E-state index contributed by atoms with van der Waals surface area (Å²) in [6.07, 6.45) is 5.57. The van der Waals surface area contributed by atoms with Gasteiger partial charge in [0.2, 0.25) is 0 Å². The standard InChI is InChI=1S/C13H10ClN3/c1-9-7-16-12-5-4-10(8-17(9)12)11-3-2-6-15-13(11)14/h2-8H,1H3. The highest BCUT2D eigenvalue weighted by atomic mass is 35.5. The van der Waals surface area contributed by atoms with Crippen LogP contribution in [0.2, 0.25) is 5.15 Å². The molecule has 0 amide bonds. The lowest BCUT2D eigenvalue weighted by atomic mass is 10.1. The van der Waals surface area contributed by atoms with Gasteiger partial charge in [0, 0.05) is 35.4 Å². The summed E-state index contributed by atoms with van der Waals surface area (Å²) in [7, 11) is 0. The molecule has 4 heteroatoms. The summed E-state index contributed by atoms with van der Waals surface area (Å²) < 4.78 is 2.04. The Labute approximate surface area is 104 Å². The van der Waals surface area contributed by atoms with Crippen LogP contribution in [0.4, 0.5) is 0 Å². The van der Waals surface area contributed by atoms with Crippen LogP contribution >= 0.6 is 11.6 Å². The maximum Gasteiger partial charge on any atom is 0.136 e. The first-order valence-corrected chi connectivity index (χ1v) is 5.68. The summed E-state index contributed by atoms with van der Waals surface area (Å²) in [6.45, 7) is 2.02. The molecule has 84 valence electrons. The second-order valence-corrected chi connectivity index (χ2v) is 4.25. The Morgan fingerprint density at radius 1 is 1.18 bits per heavy atom. The molecule has 17 heavy (non-hydrogen) atoms. The van der Waals surface area contributed by atoms with Crippen molar-refractivity contribution in [3.63, 3.8) is 0 Å². The van der Waals surface area contributed by atoms with Gasteiger partial charge in [0.05, 0.1) is 0 Å². The SMILES string of the molecule is Cc1cnc2ccc(-c3cccnc3Cl)cn12. The fourth-order valence-corrected chi connectivity index (χ4v) is 2.09. The van der Waals surface area contributed by atoms with Gasteiger partial charge >= 0.3 is 0 Å². The molecule has 0 spiro atoms. The van der Waals surface area contributed by atoms with Crippen LogP contribution in [0.3, 0.4) is 0 Å². The van der Waals surface area contributed by atoms with Gasteiger partial charge in [0.1, 0.15) is 10.8 Å². The van der Waals surface area contributed by atoms with Crippen LogP contribution in [0.5, 0.6) is 0 Å². The first-order chi connectivity index (χ1) is 8.25. The Morgan fingerprint density at radius 3 is 2.88 bits per heavy atom. The molecule has 0 aromatic carbocycles. The molecule has 0 fully saturated rings. The molecule has 0 saturated carbocycles. The Kier molecular flexibility index (Phi) is 2.34. The minimum Gasteiger partial charge on any atom is -0.304 e. The van der Waals surface area contributed by atoms with E-state index in [0.29, 0.717) is 5.15 Å². The number of nitrogens with zero attached hydrogens (tertiary/aromatic N) is 3. The number of aromatic nitrogens is 3. The summed E-state index contributed by atoms with van der Waals surface area (Å²) in [5.41, 5.74) is 4.01. The lowest BCUT2D eigenvalue weighted by Gasteiger charge is -2.05. The molecular weight excluding hydrogens is 234 g/mol. The van der Waals surface area contributed by atoms with Crippen LogP contribution in [0.1, 0.15) is 5.69 Å². The van der Waals surface area contributed by atoms with E-state index in [1.54, 1.807) is 6.20 Å². The zero-order valence-electron chi connectivity index (χ0n) is 9.26. The average molecular weight is 244 g/mol. The molecular formula is C13H10ClN3. The number of hydrogen-bond acceptors (Lipinski definition) is 2. The molecule has 0 aliphatic heterocycles. The minimum atomic E-state index is 0.518. The molecule has 3 heterocycles. The molecule has 3 aromatic heterocycles. The summed E-state index contributed by atoms with van der Waals surface area (Å²) in [5.74, 6) is 0. The van der Waals surface area contributed by atoms with Crippen molar-refractivity contribution in [1.29, 1.82) is 0 Å². The van der Waals surface area contributed by atoms with Crippen LogP contribution in [0, 0.1) is 6.92 Å². The number of rotatable bonds is 1. The van der Waals surface area contributed by atoms with E-state index in [2.05, 4.69) is 9.97 Å². The Morgan fingerprint density at radius 2 is 2.06 bits per heavy atom. The van der Waals surface area contributed by atoms with E-state index in [1.807, 2.05) is 48.0 Å². The predicted molar refractivity (Wildman–Crippen MR) is 68.2 cm³/mol. The van der Waals surface area contributed by atoms with E-state index in [4.69, 9.17) is 11.6 Å². The third-order valence-corrected chi connectivity index (χ3v) is 3.06. The molecule has 0 aliphatic carbocycles. The fourth-order valence-electron chi connectivity index (χ4n) is 1.86. The third-order valence-electron chi connectivity index (χ3n) is 2.76. The molecule has 0 atom stereocenters. The number of halogens is 1. The monoisotopic (exact) mass is 243 g/mol. The fraction of sp³-hybridized carbons (Fsp3) is 0.0769. The third kappa shape index (κ3) is 1.68. The Hall–Kier alpha value is -1.87. The topological polar surface area (TPSA) is 30.2 Å². The summed E-state index contributed by atoms with van der Waals surface area (Å²) in [6, 6.07) is 7.82. The molecule has 0 unspecified atom stereocenters. The highest BCUT2D eigenvalue weighted by Crippen LogP contribution is 2.26. The van der Waals surface area contributed by atoms with E-state index in [0.717, 1.165) is 22.5 Å². The van der Waals surface area contributed by atoms with Gasteiger partial charge in [-0.1, -0.05) is 11.6 Å². The summed E-state index contributed by atoms with van der Waals surface area (Å²) in [5, 5.41) is 0.518. The second kappa shape index (κ2) is 3.86. The van der Waals surface area contributed by atoms with Gasteiger partial charge < -0.3 is 4.40 Å². The van der Waals surface area contributed by atoms with Crippen molar-refractivity contribution in [1.82, 2.24) is 14.4 Å². The van der Waals surface area contributed by atoms with Crippen LogP contribution in [-0.4, -0.2) is 14.4 Å². The quantitative estimate of drug-likeness (QED) is 0.614. The zero-order valence-corrected chi connectivity index (χ0v) is 10.0. The molecule has 3 nitrogen and oxygen atoms in total. The van der Waals surface area contributed by atoms with Gasteiger partial charge in [0.25, 0.3) is 0 Å². The maximum atomic E-state index is 6.09. The van der Waals surface area contributed by atoms with Crippen molar-refractivity contribution in [2.45, 2.75) is 6.92 Å². The van der Waals surface area contributed by atoms with Gasteiger partial charge in [-0.25, -0.2) is 9.97 Å².